The number of nitrogens with zero attached hydrogens (tertiary/aromatic N) is 2. The van der Waals surface area contributed by atoms with E-state index in [1.807, 2.05) is 31.3 Å². The van der Waals surface area contributed by atoms with Crippen molar-refractivity contribution in [3.05, 3.63) is 41.1 Å². The van der Waals surface area contributed by atoms with Gasteiger partial charge >= 0.3 is 0 Å². The van der Waals surface area contributed by atoms with Crippen LogP contribution in [-0.2, 0) is 19.9 Å². The first-order valence-electron chi connectivity index (χ1n) is 7.78. The highest BCUT2D eigenvalue weighted by Gasteiger charge is 2.17. The fourth-order valence-electron chi connectivity index (χ4n) is 2.49. The van der Waals surface area contributed by atoms with Gasteiger partial charge in [-0.25, -0.2) is 4.68 Å². The number of aryl methyl sites for hydroxylation is 2. The van der Waals surface area contributed by atoms with E-state index in [9.17, 15) is 0 Å². The van der Waals surface area contributed by atoms with E-state index in [0.717, 1.165) is 48.5 Å². The highest BCUT2D eigenvalue weighted by molar-refractivity contribution is 5.43. The van der Waals surface area contributed by atoms with E-state index in [4.69, 9.17) is 15.6 Å². The van der Waals surface area contributed by atoms with Gasteiger partial charge in [0.2, 0.25) is 5.88 Å². The van der Waals surface area contributed by atoms with Crippen molar-refractivity contribution >= 4 is 5.69 Å². The third-order valence-corrected chi connectivity index (χ3v) is 3.63. The SMILES string of the molecule is CCCCc1nn(C)c(OCCO)c1Cc1ccc(N)cc1. The molecular formula is C17H25N3O2. The number of hydrogen-bond donors (Lipinski definition) is 2. The third kappa shape index (κ3) is 4.01. The molecule has 22 heavy (non-hydrogen) atoms. The van der Waals surface area contributed by atoms with Gasteiger partial charge in [0, 0.05) is 24.7 Å². The number of hydrogen-bond acceptors (Lipinski definition) is 4. The molecule has 3 N–H and O–H groups in total. The van der Waals surface area contributed by atoms with E-state index in [0.29, 0.717) is 0 Å². The lowest BCUT2D eigenvalue weighted by molar-refractivity contribution is 0.190. The molecule has 1 aromatic carbocycles. The molecule has 0 radical (unpaired) electrons. The lowest BCUT2D eigenvalue weighted by Crippen LogP contribution is -2.07. The molecule has 0 saturated carbocycles. The quantitative estimate of drug-likeness (QED) is 0.734. The number of ether oxygens (including phenoxy) is 1. The molecule has 0 saturated heterocycles. The summed E-state index contributed by atoms with van der Waals surface area (Å²) in [6.45, 7) is 2.45. The van der Waals surface area contributed by atoms with Crippen molar-refractivity contribution in [2.45, 2.75) is 32.6 Å². The zero-order chi connectivity index (χ0) is 15.9. The Morgan fingerprint density at radius 3 is 2.64 bits per heavy atom. The van der Waals surface area contributed by atoms with Gasteiger partial charge < -0.3 is 15.6 Å². The summed E-state index contributed by atoms with van der Waals surface area (Å²) in [5.74, 6) is 0.747. The smallest absolute Gasteiger partial charge is 0.215 e. The number of unbranched alkanes of at least 4 members (excludes halogenated alkanes) is 1. The lowest BCUT2D eigenvalue weighted by Gasteiger charge is -2.09. The predicted octanol–water partition coefficient (Wildman–Crippen LogP) is 2.31. The fourth-order valence-corrected chi connectivity index (χ4v) is 2.49. The van der Waals surface area contributed by atoms with Crippen molar-refractivity contribution < 1.29 is 9.84 Å². The maximum atomic E-state index is 9.01. The summed E-state index contributed by atoms with van der Waals surface area (Å²) in [6, 6.07) is 7.88. The minimum atomic E-state index is -0.00319. The molecule has 2 rings (SSSR count). The van der Waals surface area contributed by atoms with Crippen molar-refractivity contribution in [1.82, 2.24) is 9.78 Å². The molecular weight excluding hydrogens is 278 g/mol. The van der Waals surface area contributed by atoms with Crippen molar-refractivity contribution in [1.29, 1.82) is 0 Å². The van der Waals surface area contributed by atoms with Crippen molar-refractivity contribution in [3.63, 3.8) is 0 Å². The van der Waals surface area contributed by atoms with Gasteiger partial charge in [-0.1, -0.05) is 25.5 Å². The summed E-state index contributed by atoms with van der Waals surface area (Å²) in [4.78, 5) is 0. The molecule has 0 amide bonds. The first-order valence-corrected chi connectivity index (χ1v) is 7.78. The molecule has 0 spiro atoms. The molecule has 0 aliphatic heterocycles. The molecule has 0 atom stereocenters. The summed E-state index contributed by atoms with van der Waals surface area (Å²) in [5, 5.41) is 13.6. The Morgan fingerprint density at radius 1 is 1.27 bits per heavy atom. The molecule has 2 aromatic rings. The van der Waals surface area contributed by atoms with Crippen LogP contribution in [0, 0.1) is 0 Å². The van der Waals surface area contributed by atoms with Gasteiger partial charge in [0.15, 0.2) is 0 Å². The number of nitrogen functional groups attached to an aromatic ring is 1. The number of benzene rings is 1. The molecule has 0 bridgehead atoms. The Bertz CT molecular complexity index is 591. The maximum Gasteiger partial charge on any atom is 0.215 e. The van der Waals surface area contributed by atoms with Gasteiger partial charge in [0.1, 0.15) is 6.61 Å². The highest BCUT2D eigenvalue weighted by atomic mass is 16.5. The summed E-state index contributed by atoms with van der Waals surface area (Å²) in [6.07, 6.45) is 3.93. The van der Waals surface area contributed by atoms with Crippen LogP contribution in [0.3, 0.4) is 0 Å². The fraction of sp³-hybridized carbons (Fsp3) is 0.471. The molecule has 1 heterocycles. The average molecular weight is 303 g/mol. The second-order valence-electron chi connectivity index (χ2n) is 5.45. The van der Waals surface area contributed by atoms with Crippen LogP contribution in [0.1, 0.15) is 36.6 Å². The van der Waals surface area contributed by atoms with Crippen molar-refractivity contribution in [2.24, 2.45) is 7.05 Å². The molecule has 1 aromatic heterocycles. The summed E-state index contributed by atoms with van der Waals surface area (Å²) in [7, 11) is 1.88. The van der Waals surface area contributed by atoms with Gasteiger partial charge in [0.05, 0.1) is 12.3 Å². The van der Waals surface area contributed by atoms with Crippen LogP contribution < -0.4 is 10.5 Å². The van der Waals surface area contributed by atoms with Crippen LogP contribution in [0.2, 0.25) is 0 Å². The molecule has 0 unspecified atom stereocenters. The van der Waals surface area contributed by atoms with E-state index < -0.39 is 0 Å². The normalized spacial score (nSPS) is 10.9. The number of rotatable bonds is 8. The summed E-state index contributed by atoms with van der Waals surface area (Å²) >= 11 is 0. The van der Waals surface area contributed by atoms with Crippen molar-refractivity contribution in [3.8, 4) is 5.88 Å². The lowest BCUT2D eigenvalue weighted by atomic mass is 10.0. The molecule has 5 heteroatoms. The Balaban J connectivity index is 2.29. The van der Waals surface area contributed by atoms with Crippen LogP contribution in [0.5, 0.6) is 5.88 Å². The molecule has 120 valence electrons. The second-order valence-corrected chi connectivity index (χ2v) is 5.45. The Morgan fingerprint density at radius 2 is 2.00 bits per heavy atom. The monoisotopic (exact) mass is 303 g/mol. The minimum Gasteiger partial charge on any atom is -0.475 e. The standard InChI is InChI=1S/C17H25N3O2/c1-3-4-5-16-15(12-13-6-8-14(18)9-7-13)17(20(2)19-16)22-11-10-21/h6-9,21H,3-5,10-12,18H2,1-2H3. The number of aliphatic hydroxyl groups is 1. The van der Waals surface area contributed by atoms with Crippen molar-refractivity contribution in [2.75, 3.05) is 18.9 Å². The van der Waals surface area contributed by atoms with Crippen LogP contribution in [0.4, 0.5) is 5.69 Å². The molecule has 0 fully saturated rings. The molecule has 5 nitrogen and oxygen atoms in total. The van der Waals surface area contributed by atoms with Gasteiger partial charge in [-0.05, 0) is 30.5 Å². The second kappa shape index (κ2) is 7.84. The zero-order valence-electron chi connectivity index (χ0n) is 13.4. The van der Waals surface area contributed by atoms with Crippen LogP contribution in [0.15, 0.2) is 24.3 Å². The highest BCUT2D eigenvalue weighted by Crippen LogP contribution is 2.26. The van der Waals surface area contributed by atoms with Crippen LogP contribution in [-0.4, -0.2) is 28.1 Å². The van der Waals surface area contributed by atoms with Gasteiger partial charge in [-0.15, -0.1) is 0 Å². The molecule has 0 aliphatic carbocycles. The summed E-state index contributed by atoms with van der Waals surface area (Å²) in [5.41, 5.74) is 9.87. The third-order valence-electron chi connectivity index (χ3n) is 3.63. The van der Waals surface area contributed by atoms with E-state index in [2.05, 4.69) is 12.0 Å². The predicted molar refractivity (Wildman–Crippen MR) is 88.1 cm³/mol. The molecule has 0 aliphatic rings. The van der Waals surface area contributed by atoms with E-state index in [1.165, 1.54) is 5.56 Å². The number of aromatic nitrogens is 2. The first kappa shape index (κ1) is 16.4. The first-order chi connectivity index (χ1) is 10.7. The Labute approximate surface area is 131 Å². The zero-order valence-corrected chi connectivity index (χ0v) is 13.4. The van der Waals surface area contributed by atoms with E-state index >= 15 is 0 Å². The number of nitrogens with two attached hydrogens (primary N) is 1. The summed E-state index contributed by atoms with van der Waals surface area (Å²) < 4.78 is 7.47. The Hall–Kier alpha value is -2.01. The maximum absolute atomic E-state index is 9.01. The number of aliphatic hydroxyl groups excluding tert-OH is 1. The van der Waals surface area contributed by atoms with Gasteiger partial charge in [0.25, 0.3) is 0 Å². The van der Waals surface area contributed by atoms with Crippen LogP contribution in [0.25, 0.3) is 0 Å². The van der Waals surface area contributed by atoms with E-state index in [1.54, 1.807) is 4.68 Å². The Kier molecular flexibility index (Phi) is 5.83. The number of anilines is 1. The minimum absolute atomic E-state index is 0.00319. The van der Waals surface area contributed by atoms with Gasteiger partial charge in [-0.2, -0.15) is 5.10 Å². The van der Waals surface area contributed by atoms with Crippen LogP contribution >= 0.6 is 0 Å². The largest absolute Gasteiger partial charge is 0.475 e. The topological polar surface area (TPSA) is 73.3 Å². The van der Waals surface area contributed by atoms with Gasteiger partial charge in [-0.3, -0.25) is 0 Å². The average Bonchev–Trinajstić information content (AvgIpc) is 2.80. The van der Waals surface area contributed by atoms with E-state index in [-0.39, 0.29) is 13.2 Å².